The van der Waals surface area contributed by atoms with Crippen LogP contribution in [0, 0.1) is 0 Å². The second kappa shape index (κ2) is 9.05. The number of nitrogens with zero attached hydrogens (tertiary/aromatic N) is 1. The minimum absolute atomic E-state index is 0.0842. The summed E-state index contributed by atoms with van der Waals surface area (Å²) in [6.07, 6.45) is 0.431. The predicted molar refractivity (Wildman–Crippen MR) is 117 cm³/mol. The molecule has 0 saturated heterocycles. The summed E-state index contributed by atoms with van der Waals surface area (Å²) in [4.78, 5) is 28.3. The smallest absolute Gasteiger partial charge is 0.256 e. The topological polar surface area (TPSA) is 62.6 Å². The van der Waals surface area contributed by atoms with Crippen LogP contribution in [0.1, 0.15) is 43.6 Å². The summed E-state index contributed by atoms with van der Waals surface area (Å²) in [7, 11) is 0. The van der Waals surface area contributed by atoms with Gasteiger partial charge in [0.05, 0.1) is 17.1 Å². The van der Waals surface area contributed by atoms with Crippen LogP contribution in [-0.2, 0) is 6.42 Å². The molecule has 0 aliphatic carbocycles. The van der Waals surface area contributed by atoms with Gasteiger partial charge in [0, 0.05) is 11.1 Å². The summed E-state index contributed by atoms with van der Waals surface area (Å²) in [6.45, 7) is 9.67. The van der Waals surface area contributed by atoms with E-state index in [0.717, 1.165) is 18.7 Å². The summed E-state index contributed by atoms with van der Waals surface area (Å²) in [5.41, 5.74) is 2.07. The molecule has 5 heteroatoms. The average Bonchev–Trinajstić information content (AvgIpc) is 2.74. The molecule has 1 N–H and O–H groups in total. The van der Waals surface area contributed by atoms with Gasteiger partial charge in [0.2, 0.25) is 0 Å². The van der Waals surface area contributed by atoms with E-state index in [-0.39, 0.29) is 17.5 Å². The fraction of sp³-hybridized carbons (Fsp3) is 0.333. The highest BCUT2D eigenvalue weighted by Crippen LogP contribution is 2.28. The van der Waals surface area contributed by atoms with Crippen molar-refractivity contribution in [3.8, 4) is 11.3 Å². The second-order valence-corrected chi connectivity index (χ2v) is 7.01. The number of carbonyl (C=O) groups excluding carboxylic acids is 1. The number of hydrogen-bond donors (Lipinski definition) is 1. The Labute approximate surface area is 171 Å². The first-order chi connectivity index (χ1) is 14.0. The molecular formula is C24H28N2O3. The lowest BCUT2D eigenvalue weighted by Gasteiger charge is -2.27. The van der Waals surface area contributed by atoms with Gasteiger partial charge >= 0.3 is 0 Å². The third-order valence-corrected chi connectivity index (χ3v) is 5.35. The van der Waals surface area contributed by atoms with E-state index < -0.39 is 0 Å². The zero-order valence-electron chi connectivity index (χ0n) is 17.5. The third kappa shape index (κ3) is 4.10. The van der Waals surface area contributed by atoms with Crippen LogP contribution < -0.4 is 10.7 Å². The van der Waals surface area contributed by atoms with Crippen molar-refractivity contribution in [2.75, 3.05) is 13.1 Å². The van der Waals surface area contributed by atoms with Crippen molar-refractivity contribution in [3.05, 3.63) is 69.9 Å². The van der Waals surface area contributed by atoms with Crippen LogP contribution in [-0.4, -0.2) is 30.1 Å². The molecule has 0 radical (unpaired) electrons. The van der Waals surface area contributed by atoms with E-state index >= 15 is 0 Å². The number of nitrogens with one attached hydrogen (secondary N) is 1. The van der Waals surface area contributed by atoms with Crippen LogP contribution in [0.5, 0.6) is 0 Å². The zero-order chi connectivity index (χ0) is 21.0. The highest BCUT2D eigenvalue weighted by Gasteiger charge is 2.21. The van der Waals surface area contributed by atoms with Gasteiger partial charge < -0.3 is 9.73 Å². The molecule has 1 unspecified atom stereocenters. The Balaban J connectivity index is 2.14. The van der Waals surface area contributed by atoms with Gasteiger partial charge in [0.15, 0.2) is 11.0 Å². The molecule has 0 spiro atoms. The Hall–Kier alpha value is -2.92. The summed E-state index contributed by atoms with van der Waals surface area (Å²) >= 11 is 0. The van der Waals surface area contributed by atoms with Gasteiger partial charge in [0.25, 0.3) is 5.91 Å². The van der Waals surface area contributed by atoms with Crippen molar-refractivity contribution >= 4 is 16.9 Å². The van der Waals surface area contributed by atoms with Crippen molar-refractivity contribution in [1.29, 1.82) is 0 Å². The summed E-state index contributed by atoms with van der Waals surface area (Å²) in [6, 6.07) is 14.7. The van der Waals surface area contributed by atoms with Crippen LogP contribution in [0.25, 0.3) is 22.3 Å². The van der Waals surface area contributed by atoms with Gasteiger partial charge in [-0.2, -0.15) is 0 Å². The molecule has 1 aromatic heterocycles. The molecule has 3 aromatic rings. The Bertz CT molecular complexity index is 1050. The van der Waals surface area contributed by atoms with E-state index in [4.69, 9.17) is 4.42 Å². The first-order valence-electron chi connectivity index (χ1n) is 10.2. The van der Waals surface area contributed by atoms with E-state index in [0.29, 0.717) is 34.3 Å². The van der Waals surface area contributed by atoms with Crippen LogP contribution >= 0.6 is 0 Å². The van der Waals surface area contributed by atoms with Gasteiger partial charge in [-0.15, -0.1) is 0 Å². The van der Waals surface area contributed by atoms with E-state index in [1.807, 2.05) is 44.2 Å². The highest BCUT2D eigenvalue weighted by molar-refractivity contribution is 6.05. The molecule has 0 bridgehead atoms. The van der Waals surface area contributed by atoms with Crippen molar-refractivity contribution in [2.45, 2.75) is 40.3 Å². The Morgan fingerprint density at radius 3 is 2.34 bits per heavy atom. The van der Waals surface area contributed by atoms with Gasteiger partial charge in [-0.3, -0.25) is 14.5 Å². The average molecular weight is 392 g/mol. The van der Waals surface area contributed by atoms with Crippen molar-refractivity contribution in [3.63, 3.8) is 0 Å². The summed E-state index contributed by atoms with van der Waals surface area (Å²) in [5, 5.41) is 3.46. The quantitative estimate of drug-likeness (QED) is 0.604. The second-order valence-electron chi connectivity index (χ2n) is 7.01. The highest BCUT2D eigenvalue weighted by atomic mass is 16.3. The number of rotatable bonds is 7. The van der Waals surface area contributed by atoms with E-state index in [2.05, 4.69) is 24.1 Å². The number of para-hydroxylation sites is 1. The lowest BCUT2D eigenvalue weighted by atomic mass is 10.0. The largest absolute Gasteiger partial charge is 0.455 e. The van der Waals surface area contributed by atoms with Crippen molar-refractivity contribution in [1.82, 2.24) is 10.2 Å². The SMILES string of the molecule is CCc1c(-c2ccccc2)oc2c(C(=O)NC(C)N(CC)CC)cccc2c1=O. The number of carbonyl (C=O) groups is 1. The first kappa shape index (κ1) is 20.8. The van der Waals surface area contributed by atoms with Crippen LogP contribution in [0.3, 0.4) is 0 Å². The Kier molecular flexibility index (Phi) is 6.49. The van der Waals surface area contributed by atoms with Crippen LogP contribution in [0.4, 0.5) is 0 Å². The molecule has 0 aliphatic heterocycles. The van der Waals surface area contributed by atoms with Crippen molar-refractivity contribution < 1.29 is 9.21 Å². The zero-order valence-corrected chi connectivity index (χ0v) is 17.5. The molecule has 0 aliphatic rings. The third-order valence-electron chi connectivity index (χ3n) is 5.35. The molecule has 0 fully saturated rings. The predicted octanol–water partition coefficient (Wildman–Crippen LogP) is 4.44. The first-order valence-corrected chi connectivity index (χ1v) is 10.2. The normalized spacial score (nSPS) is 12.3. The van der Waals surface area contributed by atoms with Gasteiger partial charge in [-0.1, -0.05) is 57.2 Å². The molecule has 29 heavy (non-hydrogen) atoms. The molecule has 1 atom stereocenters. The molecular weight excluding hydrogens is 364 g/mol. The van der Waals surface area contributed by atoms with Gasteiger partial charge in [0.1, 0.15) is 5.76 Å². The van der Waals surface area contributed by atoms with Crippen LogP contribution in [0.15, 0.2) is 57.7 Å². The van der Waals surface area contributed by atoms with E-state index in [1.54, 1.807) is 18.2 Å². The van der Waals surface area contributed by atoms with Gasteiger partial charge in [-0.05, 0) is 38.6 Å². The molecule has 3 rings (SSSR count). The summed E-state index contributed by atoms with van der Waals surface area (Å²) < 4.78 is 6.22. The standard InChI is InChI=1S/C24H28N2O3/c1-5-18-21(27)19-14-11-15-20(24(28)25-16(4)26(6-2)7-3)23(19)29-22(18)17-12-9-8-10-13-17/h8-16H,5-7H2,1-4H3,(H,25,28). The number of fused-ring (bicyclic) bond motifs is 1. The lowest BCUT2D eigenvalue weighted by molar-refractivity contribution is 0.0875. The van der Waals surface area contributed by atoms with Gasteiger partial charge in [-0.25, -0.2) is 0 Å². The number of hydrogen-bond acceptors (Lipinski definition) is 4. The van der Waals surface area contributed by atoms with Crippen molar-refractivity contribution in [2.24, 2.45) is 0 Å². The molecule has 1 amide bonds. The Morgan fingerprint density at radius 1 is 1.03 bits per heavy atom. The molecule has 1 heterocycles. The molecule has 152 valence electrons. The monoisotopic (exact) mass is 392 g/mol. The number of benzene rings is 2. The van der Waals surface area contributed by atoms with Crippen LogP contribution in [0.2, 0.25) is 0 Å². The fourth-order valence-electron chi connectivity index (χ4n) is 3.71. The lowest BCUT2D eigenvalue weighted by Crippen LogP contribution is -2.46. The molecule has 5 nitrogen and oxygen atoms in total. The fourth-order valence-corrected chi connectivity index (χ4v) is 3.71. The molecule has 2 aromatic carbocycles. The number of amides is 1. The van der Waals surface area contributed by atoms with E-state index in [9.17, 15) is 9.59 Å². The minimum Gasteiger partial charge on any atom is -0.455 e. The minimum atomic E-state index is -0.249. The maximum Gasteiger partial charge on any atom is 0.256 e. The maximum absolute atomic E-state index is 13.2. The summed E-state index contributed by atoms with van der Waals surface area (Å²) in [5.74, 6) is 0.282. The van der Waals surface area contributed by atoms with E-state index in [1.165, 1.54) is 0 Å². The molecule has 0 saturated carbocycles. The maximum atomic E-state index is 13.2. The Morgan fingerprint density at radius 2 is 1.72 bits per heavy atom.